The molecule has 1 atom stereocenters. The van der Waals surface area contributed by atoms with E-state index in [2.05, 4.69) is 0 Å². The molecule has 2 rings (SSSR count). The molecule has 24 heavy (non-hydrogen) atoms. The van der Waals surface area contributed by atoms with Gasteiger partial charge in [0.1, 0.15) is 0 Å². The van der Waals surface area contributed by atoms with E-state index in [4.69, 9.17) is 15.4 Å². The minimum absolute atomic E-state index is 0.146. The van der Waals surface area contributed by atoms with Gasteiger partial charge in [-0.1, -0.05) is 13.3 Å². The van der Waals surface area contributed by atoms with Crippen LogP contribution in [0.25, 0.3) is 0 Å². The summed E-state index contributed by atoms with van der Waals surface area (Å²) in [5.41, 5.74) is 1.04. The molecule has 132 valence electrons. The largest absolute Gasteiger partial charge is 0.462 e. The van der Waals surface area contributed by atoms with E-state index in [9.17, 15) is 18.0 Å². The first-order chi connectivity index (χ1) is 11.3. The molecule has 0 spiro atoms. The highest BCUT2D eigenvalue weighted by Gasteiger charge is 2.33. The normalized spacial score (nSPS) is 18.0. The standard InChI is InChI=1S/C16H20ClNO5S/c1-2-3-8-23-16(20)13-4-6-14(7-5-13)18-10-12(9-15(18)19)11-24(17,21)22/h4-7,12H,2-3,8-11H2,1H3. The van der Waals surface area contributed by atoms with Gasteiger partial charge in [0.15, 0.2) is 0 Å². The van der Waals surface area contributed by atoms with Crippen molar-refractivity contribution in [3.8, 4) is 0 Å². The van der Waals surface area contributed by atoms with Crippen molar-refractivity contribution >= 4 is 37.3 Å². The van der Waals surface area contributed by atoms with Crippen LogP contribution >= 0.6 is 10.7 Å². The number of carbonyl (C=O) groups is 2. The van der Waals surface area contributed by atoms with Crippen molar-refractivity contribution in [1.82, 2.24) is 0 Å². The quantitative estimate of drug-likeness (QED) is 0.417. The fourth-order valence-electron chi connectivity index (χ4n) is 2.59. The first-order valence-corrected chi connectivity index (χ1v) is 10.3. The molecule has 0 N–H and O–H groups in total. The second kappa shape index (κ2) is 7.98. The Morgan fingerprint density at radius 2 is 2.00 bits per heavy atom. The van der Waals surface area contributed by atoms with Crippen molar-refractivity contribution in [1.29, 1.82) is 0 Å². The Balaban J connectivity index is 2.00. The zero-order chi connectivity index (χ0) is 17.7. The van der Waals surface area contributed by atoms with Crippen LogP contribution in [-0.2, 0) is 18.6 Å². The molecule has 1 unspecified atom stereocenters. The monoisotopic (exact) mass is 373 g/mol. The van der Waals surface area contributed by atoms with Crippen molar-refractivity contribution in [3.05, 3.63) is 29.8 Å². The van der Waals surface area contributed by atoms with E-state index < -0.39 is 15.0 Å². The highest BCUT2D eigenvalue weighted by molar-refractivity contribution is 8.13. The molecule has 1 fully saturated rings. The van der Waals surface area contributed by atoms with E-state index in [1.54, 1.807) is 24.3 Å². The summed E-state index contributed by atoms with van der Waals surface area (Å²) in [7, 11) is 1.62. The summed E-state index contributed by atoms with van der Waals surface area (Å²) in [4.78, 5) is 25.4. The number of carbonyl (C=O) groups excluding carboxylic acids is 2. The number of benzene rings is 1. The molecule has 0 aromatic heterocycles. The maximum Gasteiger partial charge on any atom is 0.338 e. The zero-order valence-corrected chi connectivity index (χ0v) is 15.0. The number of hydrogen-bond acceptors (Lipinski definition) is 5. The van der Waals surface area contributed by atoms with E-state index in [0.29, 0.717) is 24.4 Å². The van der Waals surface area contributed by atoms with Crippen LogP contribution in [0.4, 0.5) is 5.69 Å². The number of halogens is 1. The van der Waals surface area contributed by atoms with E-state index in [-0.39, 0.29) is 24.0 Å². The fourth-order valence-corrected chi connectivity index (χ4v) is 3.92. The lowest BCUT2D eigenvalue weighted by molar-refractivity contribution is -0.117. The summed E-state index contributed by atoms with van der Waals surface area (Å²) in [6.45, 7) is 2.69. The first kappa shape index (κ1) is 18.7. The Labute approximate surface area is 146 Å². The molecular weight excluding hydrogens is 354 g/mol. The van der Waals surface area contributed by atoms with Crippen LogP contribution in [0, 0.1) is 5.92 Å². The third kappa shape index (κ3) is 5.21. The molecule has 6 nitrogen and oxygen atoms in total. The Bertz CT molecular complexity index is 702. The summed E-state index contributed by atoms with van der Waals surface area (Å²) in [5, 5.41) is 0. The average molecular weight is 374 g/mol. The molecule has 1 saturated heterocycles. The fraction of sp³-hybridized carbons (Fsp3) is 0.500. The lowest BCUT2D eigenvalue weighted by atomic mass is 10.1. The second-order valence-corrected chi connectivity index (χ2v) is 8.64. The number of unbranched alkanes of at least 4 members (excludes halogenated alkanes) is 1. The van der Waals surface area contributed by atoms with Crippen molar-refractivity contribution in [2.24, 2.45) is 5.92 Å². The molecular formula is C16H20ClNO5S. The van der Waals surface area contributed by atoms with Crippen LogP contribution in [-0.4, -0.2) is 39.2 Å². The van der Waals surface area contributed by atoms with Gasteiger partial charge in [-0.3, -0.25) is 4.79 Å². The summed E-state index contributed by atoms with van der Waals surface area (Å²) >= 11 is 0. The number of hydrogen-bond donors (Lipinski definition) is 0. The number of ether oxygens (including phenoxy) is 1. The highest BCUT2D eigenvalue weighted by Crippen LogP contribution is 2.27. The lowest BCUT2D eigenvalue weighted by Gasteiger charge is -2.17. The van der Waals surface area contributed by atoms with Crippen LogP contribution in [0.1, 0.15) is 36.5 Å². The number of nitrogens with zero attached hydrogens (tertiary/aromatic N) is 1. The summed E-state index contributed by atoms with van der Waals surface area (Å²) in [6, 6.07) is 6.52. The predicted octanol–water partition coefficient (Wildman–Crippen LogP) is 2.57. The minimum Gasteiger partial charge on any atom is -0.462 e. The molecule has 1 aliphatic heterocycles. The molecule has 1 aromatic rings. The maximum absolute atomic E-state index is 12.1. The van der Waals surface area contributed by atoms with E-state index in [0.717, 1.165) is 12.8 Å². The summed E-state index contributed by atoms with van der Waals surface area (Å²) in [6.07, 6.45) is 1.91. The van der Waals surface area contributed by atoms with E-state index in [1.807, 2.05) is 6.92 Å². The van der Waals surface area contributed by atoms with Gasteiger partial charge in [0.05, 0.1) is 17.9 Å². The number of amides is 1. The highest BCUT2D eigenvalue weighted by atomic mass is 35.7. The lowest BCUT2D eigenvalue weighted by Crippen LogP contribution is -2.25. The SMILES string of the molecule is CCCCOC(=O)c1ccc(N2CC(CS(=O)(=O)Cl)CC2=O)cc1. The van der Waals surface area contributed by atoms with Crippen molar-refractivity contribution in [3.63, 3.8) is 0 Å². The Hall–Kier alpha value is -1.60. The molecule has 0 aliphatic carbocycles. The van der Waals surface area contributed by atoms with Gasteiger partial charge in [-0.15, -0.1) is 0 Å². The van der Waals surface area contributed by atoms with Gasteiger partial charge >= 0.3 is 5.97 Å². The second-order valence-electron chi connectivity index (χ2n) is 5.82. The third-order valence-corrected chi connectivity index (χ3v) is 5.03. The molecule has 0 bridgehead atoms. The average Bonchev–Trinajstić information content (AvgIpc) is 2.86. The Morgan fingerprint density at radius 3 is 2.58 bits per heavy atom. The Morgan fingerprint density at radius 1 is 1.33 bits per heavy atom. The Kier molecular flexibility index (Phi) is 6.23. The van der Waals surface area contributed by atoms with Crippen LogP contribution in [0.5, 0.6) is 0 Å². The van der Waals surface area contributed by atoms with E-state index >= 15 is 0 Å². The van der Waals surface area contributed by atoms with Crippen LogP contribution in [0.3, 0.4) is 0 Å². The maximum atomic E-state index is 12.1. The van der Waals surface area contributed by atoms with Crippen LogP contribution in [0.2, 0.25) is 0 Å². The van der Waals surface area contributed by atoms with Gasteiger partial charge in [0.25, 0.3) is 0 Å². The molecule has 0 radical (unpaired) electrons. The molecule has 1 amide bonds. The number of rotatable bonds is 7. The third-order valence-electron chi connectivity index (χ3n) is 3.79. The summed E-state index contributed by atoms with van der Waals surface area (Å²) in [5.74, 6) is -1.09. The van der Waals surface area contributed by atoms with Crippen LogP contribution in [0.15, 0.2) is 24.3 Å². The van der Waals surface area contributed by atoms with Crippen molar-refractivity contribution < 1.29 is 22.7 Å². The molecule has 0 saturated carbocycles. The van der Waals surface area contributed by atoms with Crippen molar-refractivity contribution in [2.75, 3.05) is 23.8 Å². The van der Waals surface area contributed by atoms with Gasteiger partial charge in [0.2, 0.25) is 15.0 Å². The van der Waals surface area contributed by atoms with Crippen molar-refractivity contribution in [2.45, 2.75) is 26.2 Å². The van der Waals surface area contributed by atoms with Gasteiger partial charge < -0.3 is 9.64 Å². The molecule has 1 aromatic carbocycles. The topological polar surface area (TPSA) is 80.8 Å². The molecule has 1 heterocycles. The molecule has 1 aliphatic rings. The summed E-state index contributed by atoms with van der Waals surface area (Å²) < 4.78 is 27.4. The van der Waals surface area contributed by atoms with Gasteiger partial charge in [-0.2, -0.15) is 0 Å². The number of anilines is 1. The molecule has 8 heteroatoms. The predicted molar refractivity (Wildman–Crippen MR) is 91.7 cm³/mol. The first-order valence-electron chi connectivity index (χ1n) is 7.80. The van der Waals surface area contributed by atoms with E-state index in [1.165, 1.54) is 4.90 Å². The number of esters is 1. The zero-order valence-electron chi connectivity index (χ0n) is 13.4. The van der Waals surface area contributed by atoms with Gasteiger partial charge in [0, 0.05) is 35.3 Å². The van der Waals surface area contributed by atoms with Gasteiger partial charge in [-0.25, -0.2) is 13.2 Å². The van der Waals surface area contributed by atoms with Gasteiger partial charge in [-0.05, 0) is 30.7 Å². The van der Waals surface area contributed by atoms with Crippen LogP contribution < -0.4 is 4.90 Å². The minimum atomic E-state index is -3.63. The smallest absolute Gasteiger partial charge is 0.338 e.